The highest BCUT2D eigenvalue weighted by atomic mass is 32.2. The number of aromatic nitrogens is 3. The predicted molar refractivity (Wildman–Crippen MR) is 99.6 cm³/mol. The van der Waals surface area contributed by atoms with Gasteiger partial charge in [0, 0.05) is 19.0 Å². The average molecular weight is 388 g/mol. The van der Waals surface area contributed by atoms with E-state index in [4.69, 9.17) is 6.42 Å². The zero-order chi connectivity index (χ0) is 19.1. The molecule has 0 aliphatic rings. The lowest BCUT2D eigenvalue weighted by Crippen LogP contribution is -2.16. The van der Waals surface area contributed by atoms with E-state index in [1.54, 1.807) is 34.5 Å². The minimum atomic E-state index is -3.33. The summed E-state index contributed by atoms with van der Waals surface area (Å²) in [7, 11) is -1.58. The highest BCUT2D eigenvalue weighted by Gasteiger charge is 2.14. The molecule has 9 heteroatoms. The standard InChI is InChI=1S/C17H16N4O3S2/c1-5-8-21-14-7-6-12(26(4,23)24)10-15(14)25-17(21)18-16(22)13-9-11(2)20(3)19-13/h1,6-7,9-10H,8H2,2-4H3. The summed E-state index contributed by atoms with van der Waals surface area (Å²) >= 11 is 1.21. The van der Waals surface area contributed by atoms with Crippen molar-refractivity contribution in [1.29, 1.82) is 0 Å². The van der Waals surface area contributed by atoms with Gasteiger partial charge in [-0.25, -0.2) is 8.42 Å². The third-order valence-electron chi connectivity index (χ3n) is 3.86. The van der Waals surface area contributed by atoms with Gasteiger partial charge in [0.1, 0.15) is 0 Å². The Morgan fingerprint density at radius 2 is 2.12 bits per heavy atom. The number of benzene rings is 1. The number of amides is 1. The molecule has 0 atom stereocenters. The molecule has 0 spiro atoms. The quantitative estimate of drug-likeness (QED) is 0.637. The molecule has 0 radical (unpaired) electrons. The first-order valence-electron chi connectivity index (χ1n) is 7.57. The van der Waals surface area contributed by atoms with E-state index in [9.17, 15) is 13.2 Å². The van der Waals surface area contributed by atoms with Crippen LogP contribution in [0.15, 0.2) is 34.2 Å². The van der Waals surface area contributed by atoms with Gasteiger partial charge < -0.3 is 4.57 Å². The monoisotopic (exact) mass is 388 g/mol. The summed E-state index contributed by atoms with van der Waals surface area (Å²) in [6, 6.07) is 6.42. The van der Waals surface area contributed by atoms with E-state index in [0.29, 0.717) is 9.50 Å². The highest BCUT2D eigenvalue weighted by molar-refractivity contribution is 7.90. The van der Waals surface area contributed by atoms with Gasteiger partial charge in [-0.05, 0) is 31.2 Å². The summed E-state index contributed by atoms with van der Waals surface area (Å²) < 4.78 is 27.5. The van der Waals surface area contributed by atoms with Gasteiger partial charge in [0.15, 0.2) is 20.3 Å². The lowest BCUT2D eigenvalue weighted by atomic mass is 10.3. The van der Waals surface area contributed by atoms with Crippen LogP contribution in [0.4, 0.5) is 0 Å². The molecular formula is C17H16N4O3S2. The van der Waals surface area contributed by atoms with Gasteiger partial charge in [0.2, 0.25) is 0 Å². The van der Waals surface area contributed by atoms with Gasteiger partial charge in [-0.3, -0.25) is 9.48 Å². The Morgan fingerprint density at radius 1 is 1.38 bits per heavy atom. The Labute approximate surface area is 154 Å². The number of thiazole rings is 1. The molecule has 0 N–H and O–H groups in total. The molecule has 3 aromatic rings. The summed E-state index contributed by atoms with van der Waals surface area (Å²) in [6.07, 6.45) is 6.59. The van der Waals surface area contributed by atoms with Crippen LogP contribution >= 0.6 is 11.3 Å². The molecule has 2 aromatic heterocycles. The van der Waals surface area contributed by atoms with Crippen LogP contribution in [0, 0.1) is 19.3 Å². The number of terminal acetylenes is 1. The molecule has 0 unspecified atom stereocenters. The molecular weight excluding hydrogens is 372 g/mol. The van der Waals surface area contributed by atoms with E-state index in [2.05, 4.69) is 16.0 Å². The van der Waals surface area contributed by atoms with Crippen molar-refractivity contribution in [3.63, 3.8) is 0 Å². The van der Waals surface area contributed by atoms with Crippen LogP contribution in [0.1, 0.15) is 16.2 Å². The first-order chi connectivity index (χ1) is 12.2. The van der Waals surface area contributed by atoms with Gasteiger partial charge in [-0.1, -0.05) is 17.3 Å². The van der Waals surface area contributed by atoms with Crippen molar-refractivity contribution < 1.29 is 13.2 Å². The molecule has 0 fully saturated rings. The van der Waals surface area contributed by atoms with Crippen LogP contribution < -0.4 is 4.80 Å². The van der Waals surface area contributed by atoms with E-state index in [1.165, 1.54) is 17.4 Å². The van der Waals surface area contributed by atoms with E-state index in [1.807, 2.05) is 6.92 Å². The summed E-state index contributed by atoms with van der Waals surface area (Å²) in [5.74, 6) is 2.06. The first-order valence-corrected chi connectivity index (χ1v) is 10.3. The van der Waals surface area contributed by atoms with E-state index in [0.717, 1.165) is 17.5 Å². The number of sulfone groups is 1. The van der Waals surface area contributed by atoms with Gasteiger partial charge >= 0.3 is 0 Å². The Morgan fingerprint density at radius 3 is 2.69 bits per heavy atom. The second kappa shape index (κ2) is 6.55. The van der Waals surface area contributed by atoms with Gasteiger partial charge in [-0.15, -0.1) is 6.42 Å². The molecule has 1 amide bonds. The molecule has 3 rings (SSSR count). The first kappa shape index (κ1) is 18.1. The Bertz CT molecular complexity index is 1220. The number of hydrogen-bond acceptors (Lipinski definition) is 5. The fourth-order valence-electron chi connectivity index (χ4n) is 2.42. The van der Waals surface area contributed by atoms with Crippen molar-refractivity contribution in [2.24, 2.45) is 12.0 Å². The number of hydrogen-bond donors (Lipinski definition) is 0. The molecule has 0 aliphatic carbocycles. The fourth-order valence-corrected chi connectivity index (χ4v) is 4.21. The minimum absolute atomic E-state index is 0.206. The van der Waals surface area contributed by atoms with E-state index in [-0.39, 0.29) is 17.1 Å². The molecule has 0 saturated carbocycles. The number of nitrogens with zero attached hydrogens (tertiary/aromatic N) is 4. The van der Waals surface area contributed by atoms with Crippen LogP contribution in [-0.4, -0.2) is 34.9 Å². The van der Waals surface area contributed by atoms with Crippen molar-refractivity contribution in [2.45, 2.75) is 18.4 Å². The van der Waals surface area contributed by atoms with Crippen molar-refractivity contribution >= 4 is 37.3 Å². The van der Waals surface area contributed by atoms with Crippen LogP contribution in [-0.2, 0) is 23.4 Å². The Hall–Kier alpha value is -2.70. The van der Waals surface area contributed by atoms with Crippen molar-refractivity contribution in [3.8, 4) is 12.3 Å². The van der Waals surface area contributed by atoms with Gasteiger partial charge in [0.25, 0.3) is 5.91 Å². The maximum Gasteiger partial charge on any atom is 0.300 e. The van der Waals surface area contributed by atoms with Crippen LogP contribution in [0.25, 0.3) is 10.2 Å². The van der Waals surface area contributed by atoms with Gasteiger partial charge in [0.05, 0.1) is 21.7 Å². The predicted octanol–water partition coefficient (Wildman–Crippen LogP) is 1.52. The summed E-state index contributed by atoms with van der Waals surface area (Å²) in [6.45, 7) is 2.06. The number of rotatable bonds is 3. The zero-order valence-corrected chi connectivity index (χ0v) is 16.1. The van der Waals surface area contributed by atoms with Crippen molar-refractivity contribution in [2.75, 3.05) is 6.26 Å². The molecule has 0 bridgehead atoms. The zero-order valence-electron chi connectivity index (χ0n) is 14.4. The topological polar surface area (TPSA) is 86.3 Å². The normalized spacial score (nSPS) is 12.5. The lowest BCUT2D eigenvalue weighted by Gasteiger charge is -2.01. The summed E-state index contributed by atoms with van der Waals surface area (Å²) in [4.78, 5) is 17.2. The average Bonchev–Trinajstić information content (AvgIpc) is 3.07. The van der Waals surface area contributed by atoms with Crippen molar-refractivity contribution in [1.82, 2.24) is 14.3 Å². The van der Waals surface area contributed by atoms with Gasteiger partial charge in [-0.2, -0.15) is 10.1 Å². The van der Waals surface area contributed by atoms with E-state index < -0.39 is 15.7 Å². The van der Waals surface area contributed by atoms with E-state index >= 15 is 0 Å². The third kappa shape index (κ3) is 3.34. The Kier molecular flexibility index (Phi) is 4.56. The second-order valence-electron chi connectivity index (χ2n) is 5.79. The van der Waals surface area contributed by atoms with Crippen LogP contribution in [0.5, 0.6) is 0 Å². The number of carbonyl (C=O) groups excluding carboxylic acids is 1. The summed E-state index contributed by atoms with van der Waals surface area (Å²) in [5, 5.41) is 4.13. The smallest absolute Gasteiger partial charge is 0.300 e. The third-order valence-corrected chi connectivity index (χ3v) is 6.01. The molecule has 134 valence electrons. The number of aryl methyl sites for hydroxylation is 2. The maximum atomic E-state index is 12.4. The summed E-state index contributed by atoms with van der Waals surface area (Å²) in [5.41, 5.74) is 1.81. The van der Waals surface area contributed by atoms with Crippen LogP contribution in [0.2, 0.25) is 0 Å². The molecule has 0 aliphatic heterocycles. The molecule has 0 saturated heterocycles. The molecule has 7 nitrogen and oxygen atoms in total. The van der Waals surface area contributed by atoms with Crippen LogP contribution in [0.3, 0.4) is 0 Å². The highest BCUT2D eigenvalue weighted by Crippen LogP contribution is 2.22. The second-order valence-corrected chi connectivity index (χ2v) is 8.81. The van der Waals surface area contributed by atoms with Crippen molar-refractivity contribution in [3.05, 3.63) is 40.5 Å². The Balaban J connectivity index is 2.19. The SMILES string of the molecule is C#CCn1c(=NC(=O)c2cc(C)n(C)n2)sc2cc(S(C)(=O)=O)ccc21. The minimum Gasteiger partial charge on any atom is -0.305 e. The number of carbonyl (C=O) groups is 1. The number of fused-ring (bicyclic) bond motifs is 1. The molecule has 26 heavy (non-hydrogen) atoms. The maximum absolute atomic E-state index is 12.4. The molecule has 2 heterocycles. The molecule has 1 aromatic carbocycles. The lowest BCUT2D eigenvalue weighted by molar-refractivity contribution is 0.0992. The largest absolute Gasteiger partial charge is 0.305 e. The fraction of sp³-hybridized carbons (Fsp3) is 0.235.